The van der Waals surface area contributed by atoms with Crippen LogP contribution in [0, 0.1) is 0 Å². The molecule has 134 valence electrons. The number of anilines is 1. The number of hydrogen-bond acceptors (Lipinski definition) is 4. The summed E-state index contributed by atoms with van der Waals surface area (Å²) in [5.41, 5.74) is 1.54. The molecule has 0 aliphatic rings. The molecule has 2 rings (SSSR count). The molecular weight excluding hydrogens is 363 g/mol. The maximum Gasteiger partial charge on any atom is 0.238 e. The van der Waals surface area contributed by atoms with Crippen LogP contribution in [0.15, 0.2) is 36.4 Å². The average molecular weight is 383 g/mol. The van der Waals surface area contributed by atoms with Crippen LogP contribution in [-0.4, -0.2) is 33.2 Å². The minimum absolute atomic E-state index is 0.172. The lowest BCUT2D eigenvalue weighted by atomic mass is 10.1. The molecule has 0 spiro atoms. The molecule has 0 aliphatic heterocycles. The first-order valence-electron chi connectivity index (χ1n) is 7.70. The van der Waals surface area contributed by atoms with Crippen molar-refractivity contribution in [3.05, 3.63) is 52.0 Å². The van der Waals surface area contributed by atoms with Crippen LogP contribution in [-0.2, 0) is 11.2 Å². The summed E-state index contributed by atoms with van der Waals surface area (Å²) in [5.74, 6) is 1.04. The van der Waals surface area contributed by atoms with Gasteiger partial charge >= 0.3 is 0 Å². The summed E-state index contributed by atoms with van der Waals surface area (Å²) in [5, 5.41) is 7.12. The van der Waals surface area contributed by atoms with E-state index in [9.17, 15) is 4.79 Å². The Morgan fingerprint density at radius 1 is 1.08 bits per heavy atom. The first-order chi connectivity index (χ1) is 12.0. The molecule has 0 radical (unpaired) electrons. The van der Waals surface area contributed by atoms with Crippen molar-refractivity contribution in [1.29, 1.82) is 0 Å². The average Bonchev–Trinajstić information content (AvgIpc) is 2.60. The van der Waals surface area contributed by atoms with Gasteiger partial charge in [-0.3, -0.25) is 4.79 Å². The Hall–Kier alpha value is -1.95. The molecule has 0 aliphatic carbocycles. The topological polar surface area (TPSA) is 59.6 Å². The molecule has 0 saturated heterocycles. The summed E-state index contributed by atoms with van der Waals surface area (Å²) in [6.07, 6.45) is 0.700. The third-order valence-electron chi connectivity index (χ3n) is 3.55. The van der Waals surface area contributed by atoms with Crippen LogP contribution in [0.5, 0.6) is 11.5 Å². The van der Waals surface area contributed by atoms with Crippen LogP contribution in [0.3, 0.4) is 0 Å². The molecule has 0 saturated carbocycles. The molecule has 25 heavy (non-hydrogen) atoms. The maximum atomic E-state index is 12.1. The summed E-state index contributed by atoms with van der Waals surface area (Å²) >= 11 is 12.0. The normalized spacial score (nSPS) is 10.4. The van der Waals surface area contributed by atoms with E-state index in [-0.39, 0.29) is 12.5 Å². The highest BCUT2D eigenvalue weighted by molar-refractivity contribution is 6.35. The third kappa shape index (κ3) is 5.81. The Bertz CT molecular complexity index is 738. The fourth-order valence-electron chi connectivity index (χ4n) is 2.26. The lowest BCUT2D eigenvalue weighted by molar-refractivity contribution is -0.115. The van der Waals surface area contributed by atoms with Crippen molar-refractivity contribution >= 4 is 34.8 Å². The molecule has 0 bridgehead atoms. The maximum absolute atomic E-state index is 12.1. The molecule has 0 atom stereocenters. The second kappa shape index (κ2) is 9.51. The van der Waals surface area contributed by atoms with Gasteiger partial charge in [0.25, 0.3) is 0 Å². The number of benzene rings is 2. The number of amides is 1. The number of nitrogens with one attached hydrogen (secondary N) is 2. The molecule has 7 heteroatoms. The number of methoxy groups -OCH3 is 2. The predicted molar refractivity (Wildman–Crippen MR) is 101 cm³/mol. The molecule has 0 aromatic heterocycles. The summed E-state index contributed by atoms with van der Waals surface area (Å²) in [6, 6.07) is 10.6. The highest BCUT2D eigenvalue weighted by atomic mass is 35.5. The Morgan fingerprint density at radius 2 is 1.88 bits per heavy atom. The van der Waals surface area contributed by atoms with Gasteiger partial charge in [0, 0.05) is 16.1 Å². The molecule has 5 nitrogen and oxygen atoms in total. The predicted octanol–water partition coefficient (Wildman–Crippen LogP) is 3.78. The summed E-state index contributed by atoms with van der Waals surface area (Å²) in [6.45, 7) is 0.787. The quantitative estimate of drug-likeness (QED) is 0.682. The van der Waals surface area contributed by atoms with Crippen molar-refractivity contribution in [3.8, 4) is 11.5 Å². The van der Waals surface area contributed by atoms with Crippen LogP contribution in [0.2, 0.25) is 10.0 Å². The standard InChI is InChI=1S/C18H20Cl2N2O3/c1-24-14-5-6-17(25-2)16(10-14)22-18(23)11-21-8-7-12-3-4-13(19)9-15(12)20/h3-6,9-10,21H,7-8,11H2,1-2H3,(H,22,23). The van der Waals surface area contributed by atoms with Gasteiger partial charge in [0.15, 0.2) is 0 Å². The largest absolute Gasteiger partial charge is 0.497 e. The van der Waals surface area contributed by atoms with Gasteiger partial charge in [0.2, 0.25) is 5.91 Å². The Labute approximate surface area is 157 Å². The third-order valence-corrected chi connectivity index (χ3v) is 4.14. The van der Waals surface area contributed by atoms with E-state index in [1.165, 1.54) is 0 Å². The minimum atomic E-state index is -0.172. The van der Waals surface area contributed by atoms with E-state index < -0.39 is 0 Å². The van der Waals surface area contributed by atoms with Crippen molar-refractivity contribution in [2.45, 2.75) is 6.42 Å². The Morgan fingerprint density at radius 3 is 2.56 bits per heavy atom. The Balaban J connectivity index is 1.83. The Kier molecular flexibility index (Phi) is 7.37. The van der Waals surface area contributed by atoms with Crippen molar-refractivity contribution in [3.63, 3.8) is 0 Å². The SMILES string of the molecule is COc1ccc(OC)c(NC(=O)CNCCc2ccc(Cl)cc2Cl)c1. The van der Waals surface area contributed by atoms with E-state index in [1.54, 1.807) is 44.6 Å². The van der Waals surface area contributed by atoms with Crippen molar-refractivity contribution in [2.75, 3.05) is 32.6 Å². The van der Waals surface area contributed by atoms with E-state index in [0.717, 1.165) is 5.56 Å². The number of carbonyl (C=O) groups is 1. The van der Waals surface area contributed by atoms with Crippen molar-refractivity contribution < 1.29 is 14.3 Å². The van der Waals surface area contributed by atoms with E-state index in [1.807, 2.05) is 6.07 Å². The number of carbonyl (C=O) groups excluding carboxylic acids is 1. The van der Waals surface area contributed by atoms with Gasteiger partial charge in [-0.15, -0.1) is 0 Å². The van der Waals surface area contributed by atoms with Gasteiger partial charge in [-0.1, -0.05) is 29.3 Å². The van der Waals surface area contributed by atoms with Crippen LogP contribution in [0.25, 0.3) is 0 Å². The van der Waals surface area contributed by atoms with Gasteiger partial charge in [-0.25, -0.2) is 0 Å². The fourth-order valence-corrected chi connectivity index (χ4v) is 2.76. The second-order valence-corrected chi connectivity index (χ2v) is 6.12. The number of rotatable bonds is 8. The zero-order valence-electron chi connectivity index (χ0n) is 14.1. The molecular formula is C18H20Cl2N2O3. The summed E-state index contributed by atoms with van der Waals surface area (Å²) < 4.78 is 10.4. The summed E-state index contributed by atoms with van der Waals surface area (Å²) in [4.78, 5) is 12.1. The van der Waals surface area contributed by atoms with Crippen molar-refractivity contribution in [2.24, 2.45) is 0 Å². The van der Waals surface area contributed by atoms with Gasteiger partial charge in [0.05, 0.1) is 26.5 Å². The van der Waals surface area contributed by atoms with Gasteiger partial charge < -0.3 is 20.1 Å². The van der Waals surface area contributed by atoms with Gasteiger partial charge in [0.1, 0.15) is 11.5 Å². The van der Waals surface area contributed by atoms with Crippen molar-refractivity contribution in [1.82, 2.24) is 5.32 Å². The van der Waals surface area contributed by atoms with E-state index in [0.29, 0.717) is 40.2 Å². The van der Waals surface area contributed by atoms with Crippen LogP contribution < -0.4 is 20.1 Å². The molecule has 0 heterocycles. The highest BCUT2D eigenvalue weighted by Crippen LogP contribution is 2.28. The minimum Gasteiger partial charge on any atom is -0.497 e. The van der Waals surface area contributed by atoms with E-state index in [2.05, 4.69) is 10.6 Å². The first-order valence-corrected chi connectivity index (χ1v) is 8.45. The van der Waals surface area contributed by atoms with Crippen LogP contribution >= 0.6 is 23.2 Å². The highest BCUT2D eigenvalue weighted by Gasteiger charge is 2.09. The number of halogens is 2. The number of ether oxygens (including phenoxy) is 2. The lowest BCUT2D eigenvalue weighted by Gasteiger charge is -2.12. The van der Waals surface area contributed by atoms with E-state index in [4.69, 9.17) is 32.7 Å². The molecule has 0 fully saturated rings. The van der Waals surface area contributed by atoms with Crippen LogP contribution in [0.1, 0.15) is 5.56 Å². The smallest absolute Gasteiger partial charge is 0.238 e. The molecule has 2 aromatic rings. The zero-order chi connectivity index (χ0) is 18.2. The zero-order valence-corrected chi connectivity index (χ0v) is 15.6. The van der Waals surface area contributed by atoms with Crippen LogP contribution in [0.4, 0.5) is 5.69 Å². The second-order valence-electron chi connectivity index (χ2n) is 5.28. The monoisotopic (exact) mass is 382 g/mol. The lowest BCUT2D eigenvalue weighted by Crippen LogP contribution is -2.29. The molecule has 0 unspecified atom stereocenters. The van der Waals surface area contributed by atoms with Gasteiger partial charge in [-0.05, 0) is 42.8 Å². The number of hydrogen-bond donors (Lipinski definition) is 2. The molecule has 2 N–H and O–H groups in total. The van der Waals surface area contributed by atoms with E-state index >= 15 is 0 Å². The molecule has 2 aromatic carbocycles. The summed E-state index contributed by atoms with van der Waals surface area (Å²) in [7, 11) is 3.11. The molecule has 1 amide bonds. The van der Waals surface area contributed by atoms with Gasteiger partial charge in [-0.2, -0.15) is 0 Å². The fraction of sp³-hybridized carbons (Fsp3) is 0.278. The first kappa shape index (κ1) is 19.4.